The van der Waals surface area contributed by atoms with Crippen LogP contribution in [0.1, 0.15) is 47.5 Å². The lowest BCUT2D eigenvalue weighted by Gasteiger charge is -2.37. The molecule has 0 aromatic heterocycles. The third-order valence-electron chi connectivity index (χ3n) is 3.01. The van der Waals surface area contributed by atoms with E-state index in [1.165, 1.54) is 0 Å². The van der Waals surface area contributed by atoms with E-state index in [0.717, 1.165) is 19.4 Å². The Balaban J connectivity index is 2.40. The van der Waals surface area contributed by atoms with Crippen molar-refractivity contribution in [2.24, 2.45) is 0 Å². The van der Waals surface area contributed by atoms with E-state index in [1.54, 1.807) is 0 Å². The lowest BCUT2D eigenvalue weighted by atomic mass is 9.93. The van der Waals surface area contributed by atoms with E-state index in [-0.39, 0.29) is 23.6 Å². The first-order valence-corrected chi connectivity index (χ1v) is 6.50. The monoisotopic (exact) mass is 242 g/mol. The molecule has 1 amide bonds. The Kier molecular flexibility index (Phi) is 4.95. The Hall–Kier alpha value is -0.610. The first kappa shape index (κ1) is 14.5. The molecule has 0 spiro atoms. The van der Waals surface area contributed by atoms with Crippen LogP contribution in [0.25, 0.3) is 0 Å². The van der Waals surface area contributed by atoms with Crippen LogP contribution in [0.2, 0.25) is 0 Å². The van der Waals surface area contributed by atoms with Crippen LogP contribution in [-0.4, -0.2) is 36.2 Å². The third kappa shape index (κ3) is 5.04. The normalized spacial score (nSPS) is 25.6. The van der Waals surface area contributed by atoms with Crippen molar-refractivity contribution in [1.29, 1.82) is 0 Å². The summed E-state index contributed by atoms with van der Waals surface area (Å²) in [6.07, 6.45) is 1.93. The fourth-order valence-corrected chi connectivity index (χ4v) is 2.21. The molecular formula is C13H26N2O2. The van der Waals surface area contributed by atoms with E-state index in [9.17, 15) is 4.79 Å². The molecule has 4 heteroatoms. The van der Waals surface area contributed by atoms with Gasteiger partial charge in [-0.3, -0.25) is 4.79 Å². The summed E-state index contributed by atoms with van der Waals surface area (Å²) in [6, 6.07) is 0.417. The zero-order chi connectivity index (χ0) is 13.1. The highest BCUT2D eigenvalue weighted by atomic mass is 16.5. The molecule has 0 aromatic carbocycles. The quantitative estimate of drug-likeness (QED) is 0.784. The van der Waals surface area contributed by atoms with Crippen molar-refractivity contribution in [3.05, 3.63) is 0 Å². The Morgan fingerprint density at radius 3 is 2.53 bits per heavy atom. The Morgan fingerprint density at radius 2 is 2.00 bits per heavy atom. The minimum absolute atomic E-state index is 0.0734. The van der Waals surface area contributed by atoms with Gasteiger partial charge in [0, 0.05) is 18.7 Å². The van der Waals surface area contributed by atoms with Gasteiger partial charge in [0.25, 0.3) is 0 Å². The van der Waals surface area contributed by atoms with E-state index in [1.807, 2.05) is 20.8 Å². The van der Waals surface area contributed by atoms with Gasteiger partial charge in [0.05, 0.1) is 11.6 Å². The van der Waals surface area contributed by atoms with Crippen LogP contribution < -0.4 is 10.6 Å². The Labute approximate surface area is 104 Å². The van der Waals surface area contributed by atoms with Crippen molar-refractivity contribution in [2.75, 3.05) is 6.61 Å². The highest BCUT2D eigenvalue weighted by molar-refractivity contribution is 5.81. The summed E-state index contributed by atoms with van der Waals surface area (Å²) < 4.78 is 5.66. The molecule has 1 rings (SSSR count). The van der Waals surface area contributed by atoms with Crippen molar-refractivity contribution in [3.63, 3.8) is 0 Å². The first-order chi connectivity index (χ1) is 7.80. The number of carbonyl (C=O) groups is 1. The van der Waals surface area contributed by atoms with Crippen LogP contribution >= 0.6 is 0 Å². The van der Waals surface area contributed by atoms with E-state index >= 15 is 0 Å². The van der Waals surface area contributed by atoms with Crippen molar-refractivity contribution in [2.45, 2.75) is 71.2 Å². The molecule has 0 aliphatic carbocycles. The maximum atomic E-state index is 11.8. The third-order valence-corrected chi connectivity index (χ3v) is 3.01. The van der Waals surface area contributed by atoms with Gasteiger partial charge in [-0.2, -0.15) is 0 Å². The molecule has 2 N–H and O–H groups in total. The predicted molar refractivity (Wildman–Crippen MR) is 68.9 cm³/mol. The van der Waals surface area contributed by atoms with Crippen LogP contribution in [0.3, 0.4) is 0 Å². The summed E-state index contributed by atoms with van der Waals surface area (Å²) in [5.74, 6) is 0.0734. The highest BCUT2D eigenvalue weighted by Gasteiger charge is 2.30. The number of hydrogen-bond acceptors (Lipinski definition) is 3. The molecule has 1 aliphatic heterocycles. The van der Waals surface area contributed by atoms with E-state index in [4.69, 9.17) is 4.74 Å². The van der Waals surface area contributed by atoms with Gasteiger partial charge in [-0.25, -0.2) is 0 Å². The van der Waals surface area contributed by atoms with Crippen LogP contribution in [0.15, 0.2) is 0 Å². The van der Waals surface area contributed by atoms with E-state index in [2.05, 4.69) is 24.5 Å². The molecule has 1 saturated heterocycles. The average Bonchev–Trinajstić information content (AvgIpc) is 2.14. The summed E-state index contributed by atoms with van der Waals surface area (Å²) in [6.45, 7) is 10.8. The molecule has 1 aliphatic rings. The van der Waals surface area contributed by atoms with Crippen LogP contribution in [0.5, 0.6) is 0 Å². The van der Waals surface area contributed by atoms with Crippen LogP contribution in [-0.2, 0) is 9.53 Å². The molecule has 4 nitrogen and oxygen atoms in total. The molecule has 100 valence electrons. The standard InChI is InChI=1S/C13H26N2O2/c1-9(2)14-12(16)10(3)15-11-6-7-17-13(4,5)8-11/h9-11,15H,6-8H2,1-5H3,(H,14,16). The second kappa shape index (κ2) is 5.83. The maximum absolute atomic E-state index is 11.8. The fraction of sp³-hybridized carbons (Fsp3) is 0.923. The topological polar surface area (TPSA) is 50.4 Å². The number of rotatable bonds is 4. The maximum Gasteiger partial charge on any atom is 0.237 e. The van der Waals surface area contributed by atoms with Gasteiger partial charge in [0.15, 0.2) is 0 Å². The number of hydrogen-bond donors (Lipinski definition) is 2. The van der Waals surface area contributed by atoms with Gasteiger partial charge >= 0.3 is 0 Å². The minimum Gasteiger partial charge on any atom is -0.375 e. The van der Waals surface area contributed by atoms with Gasteiger partial charge in [-0.15, -0.1) is 0 Å². The zero-order valence-corrected chi connectivity index (χ0v) is 11.7. The van der Waals surface area contributed by atoms with Crippen LogP contribution in [0.4, 0.5) is 0 Å². The summed E-state index contributed by atoms with van der Waals surface area (Å²) in [5.41, 5.74) is -0.0792. The predicted octanol–water partition coefficient (Wildman–Crippen LogP) is 1.45. The van der Waals surface area contributed by atoms with Crippen molar-refractivity contribution < 1.29 is 9.53 Å². The minimum atomic E-state index is -0.142. The van der Waals surface area contributed by atoms with Gasteiger partial charge < -0.3 is 15.4 Å². The largest absolute Gasteiger partial charge is 0.375 e. The summed E-state index contributed by atoms with van der Waals surface area (Å²) in [4.78, 5) is 11.8. The lowest BCUT2D eigenvalue weighted by Crippen LogP contribution is -2.52. The molecular weight excluding hydrogens is 216 g/mol. The smallest absolute Gasteiger partial charge is 0.237 e. The molecule has 1 fully saturated rings. The molecule has 0 aromatic rings. The van der Waals surface area contributed by atoms with E-state index in [0.29, 0.717) is 6.04 Å². The SMILES string of the molecule is CC(C)NC(=O)C(C)NC1CCOC(C)(C)C1. The van der Waals surface area contributed by atoms with Gasteiger partial charge in [0.2, 0.25) is 5.91 Å². The summed E-state index contributed by atoms with van der Waals surface area (Å²) in [5, 5.41) is 6.31. The molecule has 0 bridgehead atoms. The van der Waals surface area contributed by atoms with E-state index < -0.39 is 0 Å². The number of carbonyl (C=O) groups excluding carboxylic acids is 1. The van der Waals surface area contributed by atoms with Crippen LogP contribution in [0, 0.1) is 0 Å². The molecule has 0 radical (unpaired) electrons. The number of nitrogens with one attached hydrogen (secondary N) is 2. The fourth-order valence-electron chi connectivity index (χ4n) is 2.21. The highest BCUT2D eigenvalue weighted by Crippen LogP contribution is 2.24. The lowest BCUT2D eigenvalue weighted by molar-refractivity contribution is -0.124. The number of amides is 1. The molecule has 2 atom stereocenters. The second-order valence-corrected chi connectivity index (χ2v) is 5.85. The molecule has 17 heavy (non-hydrogen) atoms. The first-order valence-electron chi connectivity index (χ1n) is 6.50. The molecule has 2 unspecified atom stereocenters. The summed E-state index contributed by atoms with van der Waals surface area (Å²) in [7, 11) is 0. The van der Waals surface area contributed by atoms with Gasteiger partial charge in [-0.05, 0) is 47.5 Å². The zero-order valence-electron chi connectivity index (χ0n) is 11.7. The second-order valence-electron chi connectivity index (χ2n) is 5.85. The van der Waals surface area contributed by atoms with Gasteiger partial charge in [-0.1, -0.05) is 0 Å². The molecule has 1 heterocycles. The van der Waals surface area contributed by atoms with Gasteiger partial charge in [0.1, 0.15) is 0 Å². The van der Waals surface area contributed by atoms with Crippen molar-refractivity contribution in [1.82, 2.24) is 10.6 Å². The Bertz CT molecular complexity index is 264. The Morgan fingerprint density at radius 1 is 1.35 bits per heavy atom. The van der Waals surface area contributed by atoms with Crippen molar-refractivity contribution in [3.8, 4) is 0 Å². The summed E-state index contributed by atoms with van der Waals surface area (Å²) >= 11 is 0. The number of ether oxygens (including phenoxy) is 1. The van der Waals surface area contributed by atoms with Crippen molar-refractivity contribution >= 4 is 5.91 Å². The molecule has 0 saturated carbocycles. The average molecular weight is 242 g/mol.